The van der Waals surface area contributed by atoms with Crippen LogP contribution in [0.5, 0.6) is 0 Å². The Morgan fingerprint density at radius 1 is 1.35 bits per heavy atom. The second-order valence-electron chi connectivity index (χ2n) is 6.02. The molecule has 3 heterocycles. The Morgan fingerprint density at radius 2 is 2.22 bits per heavy atom. The number of nitrogens with one attached hydrogen (secondary N) is 2. The summed E-state index contributed by atoms with van der Waals surface area (Å²) in [6.07, 6.45) is 4.61. The number of thiazole rings is 1. The van der Waals surface area contributed by atoms with Crippen molar-refractivity contribution in [3.8, 4) is 10.6 Å². The van der Waals surface area contributed by atoms with Crippen LogP contribution in [-0.4, -0.2) is 29.0 Å². The van der Waals surface area contributed by atoms with E-state index < -0.39 is 11.6 Å². The maximum atomic E-state index is 13.8. The number of benzene rings is 1. The second-order valence-corrected chi connectivity index (χ2v) is 7.05. The summed E-state index contributed by atoms with van der Waals surface area (Å²) in [6, 6.07) is 4.20. The molecule has 7 heteroatoms. The number of carbonyl (C=O) groups excluding carboxylic acids is 1. The molecule has 2 bridgehead atoms. The van der Waals surface area contributed by atoms with Crippen molar-refractivity contribution in [1.82, 2.24) is 15.6 Å². The summed E-state index contributed by atoms with van der Waals surface area (Å²) >= 11 is 1.07. The van der Waals surface area contributed by atoms with Crippen LogP contribution in [0.3, 0.4) is 0 Å². The highest BCUT2D eigenvalue weighted by Gasteiger charge is 2.39. The largest absolute Gasteiger partial charge is 0.347 e. The van der Waals surface area contributed by atoms with Crippen LogP contribution in [0, 0.1) is 11.6 Å². The molecule has 2 N–H and O–H groups in total. The van der Waals surface area contributed by atoms with Gasteiger partial charge in [-0.3, -0.25) is 4.79 Å². The van der Waals surface area contributed by atoms with Gasteiger partial charge in [-0.25, -0.2) is 13.8 Å². The molecule has 0 radical (unpaired) electrons. The Bertz CT molecular complexity index is 764. The number of fused-ring (bicyclic) bond motifs is 2. The Balaban J connectivity index is 1.51. The predicted molar refractivity (Wildman–Crippen MR) is 83.3 cm³/mol. The molecule has 2 aliphatic rings. The van der Waals surface area contributed by atoms with Gasteiger partial charge in [-0.05, 0) is 37.5 Å². The van der Waals surface area contributed by atoms with E-state index in [2.05, 4.69) is 15.6 Å². The van der Waals surface area contributed by atoms with E-state index in [0.717, 1.165) is 42.4 Å². The van der Waals surface area contributed by atoms with E-state index in [9.17, 15) is 13.6 Å². The van der Waals surface area contributed by atoms with E-state index in [-0.39, 0.29) is 17.5 Å². The summed E-state index contributed by atoms with van der Waals surface area (Å²) < 4.78 is 27.1. The average Bonchev–Trinajstić information content (AvgIpc) is 3.25. The minimum absolute atomic E-state index is 0.0793. The molecular weight excluding hydrogens is 320 g/mol. The van der Waals surface area contributed by atoms with Crippen molar-refractivity contribution in [2.24, 2.45) is 0 Å². The minimum atomic E-state index is -0.551. The molecule has 1 aromatic carbocycles. The minimum Gasteiger partial charge on any atom is -0.347 e. The number of halogens is 2. The van der Waals surface area contributed by atoms with Crippen LogP contribution in [0.1, 0.15) is 28.9 Å². The fourth-order valence-electron chi connectivity index (χ4n) is 3.39. The van der Waals surface area contributed by atoms with E-state index in [1.165, 1.54) is 12.6 Å². The highest BCUT2D eigenvalue weighted by molar-refractivity contribution is 7.16. The standard InChI is InChI=1S/C16H15F2N3OS/c17-8-1-3-11(18)10(5-8)16-19-7-14(23-16)15(22)21-13-6-9-2-4-12(13)20-9/h1,3,5,7,9,12-13,20H,2,4,6H2,(H,21,22)/t9-,12+,13-/m1/s1. The van der Waals surface area contributed by atoms with Gasteiger partial charge in [0.1, 0.15) is 21.5 Å². The first kappa shape index (κ1) is 14.7. The fourth-order valence-corrected chi connectivity index (χ4v) is 4.23. The molecule has 2 fully saturated rings. The van der Waals surface area contributed by atoms with Gasteiger partial charge in [-0.2, -0.15) is 0 Å². The van der Waals surface area contributed by atoms with Gasteiger partial charge in [0.25, 0.3) is 5.91 Å². The zero-order valence-electron chi connectivity index (χ0n) is 12.2. The highest BCUT2D eigenvalue weighted by Crippen LogP contribution is 2.30. The molecule has 120 valence electrons. The van der Waals surface area contributed by atoms with Crippen molar-refractivity contribution in [1.29, 1.82) is 0 Å². The third kappa shape index (κ3) is 2.74. The van der Waals surface area contributed by atoms with Gasteiger partial charge in [0.2, 0.25) is 0 Å². The van der Waals surface area contributed by atoms with Crippen molar-refractivity contribution in [3.05, 3.63) is 40.9 Å². The molecule has 1 aromatic heterocycles. The second kappa shape index (κ2) is 5.65. The molecule has 2 aromatic rings. The molecule has 1 amide bonds. The van der Waals surface area contributed by atoms with E-state index in [1.54, 1.807) is 0 Å². The highest BCUT2D eigenvalue weighted by atomic mass is 32.1. The summed E-state index contributed by atoms with van der Waals surface area (Å²) in [5, 5.41) is 6.78. The maximum Gasteiger partial charge on any atom is 0.263 e. The van der Waals surface area contributed by atoms with E-state index in [1.807, 2.05) is 0 Å². The van der Waals surface area contributed by atoms with Crippen molar-refractivity contribution < 1.29 is 13.6 Å². The molecule has 3 atom stereocenters. The number of nitrogens with zero attached hydrogens (tertiary/aromatic N) is 1. The molecule has 0 saturated carbocycles. The third-order valence-corrected chi connectivity index (χ3v) is 5.53. The first-order chi connectivity index (χ1) is 11.1. The summed E-state index contributed by atoms with van der Waals surface area (Å²) in [6.45, 7) is 0. The zero-order chi connectivity index (χ0) is 16.0. The average molecular weight is 335 g/mol. The lowest BCUT2D eigenvalue weighted by atomic mass is 9.95. The van der Waals surface area contributed by atoms with Gasteiger partial charge >= 0.3 is 0 Å². The number of hydrogen-bond acceptors (Lipinski definition) is 4. The molecule has 23 heavy (non-hydrogen) atoms. The van der Waals surface area contributed by atoms with E-state index >= 15 is 0 Å². The molecule has 4 rings (SSSR count). The van der Waals surface area contributed by atoms with Gasteiger partial charge in [-0.1, -0.05) is 0 Å². The first-order valence-corrected chi connectivity index (χ1v) is 8.40. The molecule has 0 unspecified atom stereocenters. The third-order valence-electron chi connectivity index (χ3n) is 4.50. The van der Waals surface area contributed by atoms with Crippen LogP contribution in [-0.2, 0) is 0 Å². The Morgan fingerprint density at radius 3 is 2.96 bits per heavy atom. The molecule has 2 saturated heterocycles. The van der Waals surface area contributed by atoms with Crippen molar-refractivity contribution in [3.63, 3.8) is 0 Å². The number of aromatic nitrogens is 1. The van der Waals surface area contributed by atoms with Crippen LogP contribution in [0.15, 0.2) is 24.4 Å². The van der Waals surface area contributed by atoms with Crippen LogP contribution >= 0.6 is 11.3 Å². The van der Waals surface area contributed by atoms with Gasteiger partial charge in [0.05, 0.1) is 6.20 Å². The van der Waals surface area contributed by atoms with Crippen LogP contribution in [0.2, 0.25) is 0 Å². The van der Waals surface area contributed by atoms with Crippen molar-refractivity contribution in [2.75, 3.05) is 0 Å². The maximum absolute atomic E-state index is 13.8. The summed E-state index contributed by atoms with van der Waals surface area (Å²) in [7, 11) is 0. The predicted octanol–water partition coefficient (Wildman–Crippen LogP) is 2.71. The monoisotopic (exact) mass is 335 g/mol. The lowest BCUT2D eigenvalue weighted by Gasteiger charge is -2.20. The number of rotatable bonds is 3. The molecule has 0 aliphatic carbocycles. The van der Waals surface area contributed by atoms with Gasteiger partial charge < -0.3 is 10.6 Å². The molecule has 0 spiro atoms. The summed E-state index contributed by atoms with van der Waals surface area (Å²) in [5.41, 5.74) is 0.0793. The number of hydrogen-bond donors (Lipinski definition) is 2. The SMILES string of the molecule is O=C(N[C@@H]1C[C@H]2CC[C@@H]1N2)c1cnc(-c2cc(F)ccc2F)s1. The molecular formula is C16H15F2N3OS. The number of carbonyl (C=O) groups is 1. The Labute approximate surface area is 135 Å². The van der Waals surface area contributed by atoms with Crippen LogP contribution in [0.4, 0.5) is 8.78 Å². The van der Waals surface area contributed by atoms with Crippen molar-refractivity contribution >= 4 is 17.2 Å². The van der Waals surface area contributed by atoms with Crippen LogP contribution < -0.4 is 10.6 Å². The lowest BCUT2D eigenvalue weighted by Crippen LogP contribution is -2.42. The summed E-state index contributed by atoms with van der Waals surface area (Å²) in [5.74, 6) is -1.29. The number of amides is 1. The molecule has 4 nitrogen and oxygen atoms in total. The van der Waals surface area contributed by atoms with Crippen molar-refractivity contribution in [2.45, 2.75) is 37.4 Å². The quantitative estimate of drug-likeness (QED) is 0.907. The first-order valence-electron chi connectivity index (χ1n) is 7.58. The lowest BCUT2D eigenvalue weighted by molar-refractivity contribution is 0.0935. The normalized spacial score (nSPS) is 25.7. The van der Waals surface area contributed by atoms with E-state index in [4.69, 9.17) is 0 Å². The van der Waals surface area contributed by atoms with E-state index in [0.29, 0.717) is 22.0 Å². The van der Waals surface area contributed by atoms with Gasteiger partial charge in [-0.15, -0.1) is 11.3 Å². The Hall–Kier alpha value is -1.86. The fraction of sp³-hybridized carbons (Fsp3) is 0.375. The molecule has 2 aliphatic heterocycles. The van der Waals surface area contributed by atoms with Crippen LogP contribution in [0.25, 0.3) is 10.6 Å². The smallest absolute Gasteiger partial charge is 0.263 e. The summed E-state index contributed by atoms with van der Waals surface area (Å²) in [4.78, 5) is 16.8. The zero-order valence-corrected chi connectivity index (χ0v) is 13.0. The Kier molecular flexibility index (Phi) is 3.61. The van der Waals surface area contributed by atoms with Gasteiger partial charge in [0.15, 0.2) is 0 Å². The van der Waals surface area contributed by atoms with Gasteiger partial charge in [0, 0.05) is 23.7 Å². The topological polar surface area (TPSA) is 54.0 Å².